The van der Waals surface area contributed by atoms with Crippen molar-refractivity contribution in [1.29, 1.82) is 0 Å². The van der Waals surface area contributed by atoms with Crippen LogP contribution in [0.15, 0.2) is 11.5 Å². The summed E-state index contributed by atoms with van der Waals surface area (Å²) in [6.45, 7) is 5.69. The molecule has 3 atom stereocenters. The number of fused-ring (bicyclic) bond motifs is 1. The van der Waals surface area contributed by atoms with Gasteiger partial charge in [0.1, 0.15) is 5.76 Å². The molecule has 1 saturated heterocycles. The van der Waals surface area contributed by atoms with Crippen molar-refractivity contribution >= 4 is 5.91 Å². The second kappa shape index (κ2) is 2.03. The van der Waals surface area contributed by atoms with Crippen molar-refractivity contribution in [1.82, 2.24) is 4.90 Å². The quantitative estimate of drug-likeness (QED) is 0.552. The lowest BCUT2D eigenvalue weighted by molar-refractivity contribution is -0.150. The van der Waals surface area contributed by atoms with Gasteiger partial charge in [0.05, 0.1) is 17.7 Å². The third kappa shape index (κ3) is 0.601. The average Bonchev–Trinajstić information content (AvgIpc) is 2.26. The van der Waals surface area contributed by atoms with Crippen LogP contribution in [0.3, 0.4) is 0 Å². The molecule has 2 heterocycles. The first kappa shape index (κ1) is 7.65. The van der Waals surface area contributed by atoms with Crippen LogP contribution in [-0.2, 0) is 4.79 Å². The number of carbonyl (C=O) groups excluding carboxylic acids is 1. The van der Waals surface area contributed by atoms with Gasteiger partial charge in [0.25, 0.3) is 0 Å². The Morgan fingerprint density at radius 1 is 1.33 bits per heavy atom. The standard InChI is InChI=1S/C9H13NO2/c1-4-7-5(2)9(12)10(7)6(3)8(4)11/h4-5,7,11H,1-3H3/t4-,5?,7?/m1/s1. The van der Waals surface area contributed by atoms with Crippen LogP contribution in [0.1, 0.15) is 20.8 Å². The number of hydrogen-bond acceptors (Lipinski definition) is 2. The molecule has 0 aromatic carbocycles. The molecule has 2 unspecified atom stereocenters. The van der Waals surface area contributed by atoms with Crippen LogP contribution in [0.2, 0.25) is 0 Å². The number of aliphatic hydroxyl groups excluding tert-OH is 1. The number of rotatable bonds is 0. The topological polar surface area (TPSA) is 40.5 Å². The van der Waals surface area contributed by atoms with Crippen LogP contribution < -0.4 is 0 Å². The van der Waals surface area contributed by atoms with Crippen molar-refractivity contribution in [3.63, 3.8) is 0 Å². The summed E-state index contributed by atoms with van der Waals surface area (Å²) in [6, 6.07) is 0.220. The number of aliphatic hydroxyl groups is 1. The zero-order valence-corrected chi connectivity index (χ0v) is 7.53. The predicted molar refractivity (Wildman–Crippen MR) is 44.3 cm³/mol. The van der Waals surface area contributed by atoms with E-state index in [9.17, 15) is 9.90 Å². The normalized spacial score (nSPS) is 40.1. The Morgan fingerprint density at radius 2 is 1.92 bits per heavy atom. The Morgan fingerprint density at radius 3 is 2.42 bits per heavy atom. The number of β-lactam (4-membered cyclic amide) rings is 1. The summed E-state index contributed by atoms with van der Waals surface area (Å²) in [7, 11) is 0. The van der Waals surface area contributed by atoms with Crippen LogP contribution in [0.5, 0.6) is 0 Å². The third-order valence-corrected chi connectivity index (χ3v) is 3.11. The van der Waals surface area contributed by atoms with Crippen molar-refractivity contribution < 1.29 is 9.90 Å². The number of nitrogens with zero attached hydrogens (tertiary/aromatic N) is 1. The summed E-state index contributed by atoms with van der Waals surface area (Å²) < 4.78 is 0. The molecule has 0 aromatic heterocycles. The molecule has 0 aromatic rings. The Balaban J connectivity index is 2.35. The van der Waals surface area contributed by atoms with E-state index < -0.39 is 0 Å². The molecule has 2 rings (SSSR count). The molecular weight excluding hydrogens is 154 g/mol. The molecule has 0 aliphatic carbocycles. The van der Waals surface area contributed by atoms with E-state index in [1.165, 1.54) is 0 Å². The van der Waals surface area contributed by atoms with E-state index in [0.29, 0.717) is 5.76 Å². The summed E-state index contributed by atoms with van der Waals surface area (Å²) in [6.07, 6.45) is 0. The van der Waals surface area contributed by atoms with Gasteiger partial charge < -0.3 is 10.0 Å². The first-order valence-corrected chi connectivity index (χ1v) is 4.28. The fourth-order valence-electron chi connectivity index (χ4n) is 2.31. The Labute approximate surface area is 71.7 Å². The van der Waals surface area contributed by atoms with Gasteiger partial charge in [-0.2, -0.15) is 0 Å². The van der Waals surface area contributed by atoms with Gasteiger partial charge in [0.15, 0.2) is 0 Å². The highest BCUT2D eigenvalue weighted by molar-refractivity contribution is 5.88. The molecule has 1 N–H and O–H groups in total. The van der Waals surface area contributed by atoms with Crippen molar-refractivity contribution in [2.75, 3.05) is 0 Å². The molecule has 66 valence electrons. The van der Waals surface area contributed by atoms with E-state index in [0.717, 1.165) is 5.70 Å². The lowest BCUT2D eigenvalue weighted by Crippen LogP contribution is -2.58. The molecule has 3 heteroatoms. The maximum atomic E-state index is 11.3. The molecule has 2 aliphatic rings. The van der Waals surface area contributed by atoms with Crippen molar-refractivity contribution in [2.24, 2.45) is 11.8 Å². The summed E-state index contributed by atoms with van der Waals surface area (Å²) in [4.78, 5) is 13.0. The minimum atomic E-state index is 0.0830. The Bertz CT molecular complexity index is 282. The fourth-order valence-corrected chi connectivity index (χ4v) is 2.31. The SMILES string of the molecule is CC1=C(O)[C@H](C)C2C(C)C(=O)N12. The highest BCUT2D eigenvalue weighted by Crippen LogP contribution is 2.44. The van der Waals surface area contributed by atoms with Crippen LogP contribution in [0.4, 0.5) is 0 Å². The monoisotopic (exact) mass is 167 g/mol. The molecule has 1 amide bonds. The van der Waals surface area contributed by atoms with E-state index in [4.69, 9.17) is 0 Å². The summed E-state index contributed by atoms with van der Waals surface area (Å²) >= 11 is 0. The largest absolute Gasteiger partial charge is 0.510 e. The fraction of sp³-hybridized carbons (Fsp3) is 0.667. The first-order chi connectivity index (χ1) is 5.55. The minimum Gasteiger partial charge on any atom is -0.510 e. The van der Waals surface area contributed by atoms with Crippen LogP contribution in [-0.4, -0.2) is 22.0 Å². The average molecular weight is 167 g/mol. The summed E-state index contributed by atoms with van der Waals surface area (Å²) in [5, 5.41) is 9.57. The van der Waals surface area contributed by atoms with Gasteiger partial charge in [-0.05, 0) is 6.92 Å². The molecule has 12 heavy (non-hydrogen) atoms. The molecule has 2 aliphatic heterocycles. The second-order valence-corrected chi connectivity index (χ2v) is 3.75. The van der Waals surface area contributed by atoms with Gasteiger partial charge in [-0.3, -0.25) is 4.79 Å². The number of carbonyl (C=O) groups is 1. The number of allylic oxidation sites excluding steroid dienone is 1. The number of amides is 1. The van der Waals surface area contributed by atoms with Crippen LogP contribution >= 0.6 is 0 Å². The van der Waals surface area contributed by atoms with E-state index >= 15 is 0 Å². The molecule has 0 spiro atoms. The zero-order valence-electron chi connectivity index (χ0n) is 7.53. The van der Waals surface area contributed by atoms with E-state index in [1.807, 2.05) is 13.8 Å². The summed E-state index contributed by atoms with van der Waals surface area (Å²) in [5.74, 6) is 0.739. The molecule has 1 fully saturated rings. The molecular formula is C9H13NO2. The molecule has 3 nitrogen and oxygen atoms in total. The summed E-state index contributed by atoms with van der Waals surface area (Å²) in [5.41, 5.74) is 0.746. The second-order valence-electron chi connectivity index (χ2n) is 3.75. The maximum absolute atomic E-state index is 11.3. The van der Waals surface area contributed by atoms with Gasteiger partial charge in [0, 0.05) is 5.92 Å². The number of hydrogen-bond donors (Lipinski definition) is 1. The molecule has 0 bridgehead atoms. The highest BCUT2D eigenvalue weighted by atomic mass is 16.3. The van der Waals surface area contributed by atoms with Crippen molar-refractivity contribution in [2.45, 2.75) is 26.8 Å². The van der Waals surface area contributed by atoms with Crippen molar-refractivity contribution in [3.8, 4) is 0 Å². The minimum absolute atomic E-state index is 0.0830. The van der Waals surface area contributed by atoms with Gasteiger partial charge in [-0.15, -0.1) is 0 Å². The van der Waals surface area contributed by atoms with Crippen LogP contribution in [0.25, 0.3) is 0 Å². The van der Waals surface area contributed by atoms with Gasteiger partial charge in [-0.1, -0.05) is 13.8 Å². The van der Waals surface area contributed by atoms with Crippen LogP contribution in [0, 0.1) is 11.8 Å². The Kier molecular flexibility index (Phi) is 1.29. The van der Waals surface area contributed by atoms with E-state index in [2.05, 4.69) is 0 Å². The highest BCUT2D eigenvalue weighted by Gasteiger charge is 2.53. The van der Waals surface area contributed by atoms with E-state index in [-0.39, 0.29) is 23.8 Å². The zero-order chi connectivity index (χ0) is 9.04. The predicted octanol–water partition coefficient (Wildman–Crippen LogP) is 1.27. The smallest absolute Gasteiger partial charge is 0.232 e. The third-order valence-electron chi connectivity index (χ3n) is 3.11. The van der Waals surface area contributed by atoms with E-state index in [1.54, 1.807) is 11.8 Å². The molecule has 0 saturated carbocycles. The molecule has 0 radical (unpaired) electrons. The lowest BCUT2D eigenvalue weighted by atomic mass is 9.83. The van der Waals surface area contributed by atoms with Gasteiger partial charge >= 0.3 is 0 Å². The van der Waals surface area contributed by atoms with Gasteiger partial charge in [0.2, 0.25) is 5.91 Å². The first-order valence-electron chi connectivity index (χ1n) is 4.28. The van der Waals surface area contributed by atoms with Gasteiger partial charge in [-0.25, -0.2) is 0 Å². The van der Waals surface area contributed by atoms with Crippen molar-refractivity contribution in [3.05, 3.63) is 11.5 Å². The Hall–Kier alpha value is -0.990. The lowest BCUT2D eigenvalue weighted by Gasteiger charge is -2.43. The maximum Gasteiger partial charge on any atom is 0.232 e.